The van der Waals surface area contributed by atoms with Gasteiger partial charge in [-0.2, -0.15) is 0 Å². The molecular formula is C9H14BrOP. The van der Waals surface area contributed by atoms with Gasteiger partial charge < -0.3 is 4.74 Å². The lowest BCUT2D eigenvalue weighted by Gasteiger charge is -2.03. The number of rotatable bonds is 3. The molecule has 1 nitrogen and oxygen atoms in total. The molecule has 0 aliphatic rings. The summed E-state index contributed by atoms with van der Waals surface area (Å²) in [5.41, 5.74) is 1.27. The number of ether oxygens (including phenoxy) is 1. The number of hydrogen-bond donors (Lipinski definition) is 0. The van der Waals surface area contributed by atoms with Gasteiger partial charge in [-0.05, 0) is 25.2 Å². The Morgan fingerprint density at radius 1 is 1.25 bits per heavy atom. The molecule has 0 N–H and O–H groups in total. The molecule has 0 aliphatic carbocycles. The maximum Gasteiger partial charge on any atom is 0.119 e. The maximum atomic E-state index is 5.39. The Hall–Kier alpha value is -0.0700. The summed E-state index contributed by atoms with van der Waals surface area (Å²) in [7, 11) is 2.63. The van der Waals surface area contributed by atoms with Crippen LogP contribution in [0.2, 0.25) is 0 Å². The van der Waals surface area contributed by atoms with Crippen molar-refractivity contribution in [2.45, 2.75) is 6.92 Å². The minimum Gasteiger partial charge on any atom is -0.493 e. The van der Waals surface area contributed by atoms with E-state index in [-0.39, 0.29) is 17.0 Å². The Kier molecular flexibility index (Phi) is 6.41. The Bertz CT molecular complexity index is 210. The lowest BCUT2D eigenvalue weighted by molar-refractivity contribution is 0.344. The summed E-state index contributed by atoms with van der Waals surface area (Å²) in [4.78, 5) is 0. The molecule has 1 unspecified atom stereocenters. The molecule has 0 spiro atoms. The van der Waals surface area contributed by atoms with E-state index in [0.717, 1.165) is 18.5 Å². The Labute approximate surface area is 86.5 Å². The van der Waals surface area contributed by atoms with Gasteiger partial charge in [0.15, 0.2) is 0 Å². The molecule has 1 rings (SSSR count). The lowest BCUT2D eigenvalue weighted by atomic mass is 10.2. The molecule has 0 amide bonds. The van der Waals surface area contributed by atoms with Crippen molar-refractivity contribution < 1.29 is 4.74 Å². The molecule has 0 saturated heterocycles. The third kappa shape index (κ3) is 4.08. The highest BCUT2D eigenvalue weighted by Gasteiger charge is 1.89. The first kappa shape index (κ1) is 11.9. The molecule has 0 aliphatic heterocycles. The van der Waals surface area contributed by atoms with E-state index in [1.165, 1.54) is 5.56 Å². The number of halogens is 1. The van der Waals surface area contributed by atoms with Crippen molar-refractivity contribution in [1.82, 2.24) is 0 Å². The predicted molar refractivity (Wildman–Crippen MR) is 61.6 cm³/mol. The average Bonchev–Trinajstić information content (AvgIpc) is 2.04. The summed E-state index contributed by atoms with van der Waals surface area (Å²) in [5, 5.41) is 0. The largest absolute Gasteiger partial charge is 0.493 e. The third-order valence-corrected chi connectivity index (χ3v) is 1.64. The van der Waals surface area contributed by atoms with Crippen molar-refractivity contribution in [3.63, 3.8) is 0 Å². The molecule has 0 bridgehead atoms. The van der Waals surface area contributed by atoms with Gasteiger partial charge in [-0.15, -0.1) is 26.2 Å². The molecule has 1 aromatic carbocycles. The second-order valence-electron chi connectivity index (χ2n) is 2.45. The predicted octanol–water partition coefficient (Wildman–Crippen LogP) is 2.83. The van der Waals surface area contributed by atoms with Crippen LogP contribution in [-0.2, 0) is 0 Å². The minimum absolute atomic E-state index is 0. The van der Waals surface area contributed by atoms with E-state index >= 15 is 0 Å². The van der Waals surface area contributed by atoms with Gasteiger partial charge in [0, 0.05) is 0 Å². The normalized spacial score (nSPS) is 8.83. The van der Waals surface area contributed by atoms with Crippen molar-refractivity contribution >= 4 is 26.2 Å². The summed E-state index contributed by atoms with van der Waals surface area (Å²) < 4.78 is 5.39. The topological polar surface area (TPSA) is 9.23 Å². The molecule has 0 radical (unpaired) electrons. The Balaban J connectivity index is 0.00000121. The Morgan fingerprint density at radius 3 is 2.33 bits per heavy atom. The Morgan fingerprint density at radius 2 is 1.83 bits per heavy atom. The van der Waals surface area contributed by atoms with Crippen LogP contribution in [0.5, 0.6) is 5.75 Å². The molecule has 0 saturated carbocycles. The average molecular weight is 249 g/mol. The maximum absolute atomic E-state index is 5.39. The molecule has 0 aromatic heterocycles. The van der Waals surface area contributed by atoms with E-state index in [4.69, 9.17) is 4.74 Å². The van der Waals surface area contributed by atoms with Crippen LogP contribution in [0, 0.1) is 6.92 Å². The van der Waals surface area contributed by atoms with Crippen molar-refractivity contribution in [2.75, 3.05) is 12.8 Å². The molecule has 12 heavy (non-hydrogen) atoms. The zero-order valence-corrected chi connectivity index (χ0v) is 9.99. The fourth-order valence-electron chi connectivity index (χ4n) is 0.811. The van der Waals surface area contributed by atoms with Crippen LogP contribution < -0.4 is 4.74 Å². The van der Waals surface area contributed by atoms with Crippen LogP contribution in [0.1, 0.15) is 5.56 Å². The number of benzene rings is 1. The zero-order chi connectivity index (χ0) is 8.10. The standard InChI is InChI=1S/C9H13OP.BrH/c1-8-2-4-9(5-3-8)10-6-7-11;/h2-5H,6-7,11H2,1H3;1H. The molecule has 1 atom stereocenters. The van der Waals surface area contributed by atoms with E-state index in [0.29, 0.717) is 0 Å². The number of aryl methyl sites for hydroxylation is 1. The first-order chi connectivity index (χ1) is 5.33. The van der Waals surface area contributed by atoms with Crippen LogP contribution in [0.25, 0.3) is 0 Å². The molecule has 1 aromatic rings. The van der Waals surface area contributed by atoms with Crippen LogP contribution in [0.15, 0.2) is 24.3 Å². The molecule has 0 heterocycles. The SMILES string of the molecule is Br.Cc1ccc(OCCP)cc1. The second-order valence-corrected chi connectivity index (χ2v) is 3.03. The second kappa shape index (κ2) is 6.45. The van der Waals surface area contributed by atoms with Gasteiger partial charge in [-0.1, -0.05) is 17.7 Å². The van der Waals surface area contributed by atoms with E-state index in [1.54, 1.807) is 0 Å². The van der Waals surface area contributed by atoms with E-state index < -0.39 is 0 Å². The van der Waals surface area contributed by atoms with Crippen LogP contribution >= 0.6 is 26.2 Å². The van der Waals surface area contributed by atoms with Gasteiger partial charge in [0.2, 0.25) is 0 Å². The quantitative estimate of drug-likeness (QED) is 0.748. The van der Waals surface area contributed by atoms with E-state index in [9.17, 15) is 0 Å². The van der Waals surface area contributed by atoms with Crippen molar-refractivity contribution in [3.05, 3.63) is 29.8 Å². The first-order valence-electron chi connectivity index (χ1n) is 3.72. The van der Waals surface area contributed by atoms with Crippen molar-refractivity contribution in [3.8, 4) is 5.75 Å². The van der Waals surface area contributed by atoms with E-state index in [1.807, 2.05) is 12.1 Å². The lowest BCUT2D eigenvalue weighted by Crippen LogP contribution is -1.96. The monoisotopic (exact) mass is 248 g/mol. The first-order valence-corrected chi connectivity index (χ1v) is 4.54. The van der Waals surface area contributed by atoms with Gasteiger partial charge in [0.05, 0.1) is 6.61 Å². The number of hydrogen-bond acceptors (Lipinski definition) is 1. The van der Waals surface area contributed by atoms with Gasteiger partial charge in [-0.25, -0.2) is 0 Å². The fraction of sp³-hybridized carbons (Fsp3) is 0.333. The van der Waals surface area contributed by atoms with Crippen molar-refractivity contribution in [2.24, 2.45) is 0 Å². The molecule has 68 valence electrons. The van der Waals surface area contributed by atoms with Gasteiger partial charge in [-0.3, -0.25) is 0 Å². The summed E-state index contributed by atoms with van der Waals surface area (Å²) in [5.74, 6) is 0.957. The minimum atomic E-state index is 0. The molecule has 0 fully saturated rings. The summed E-state index contributed by atoms with van der Waals surface area (Å²) in [6, 6.07) is 8.10. The van der Waals surface area contributed by atoms with Gasteiger partial charge >= 0.3 is 0 Å². The summed E-state index contributed by atoms with van der Waals surface area (Å²) in [6.07, 6.45) is 0.980. The molecule has 3 heteroatoms. The van der Waals surface area contributed by atoms with Crippen LogP contribution in [0.3, 0.4) is 0 Å². The van der Waals surface area contributed by atoms with Gasteiger partial charge in [0.1, 0.15) is 5.75 Å². The summed E-state index contributed by atoms with van der Waals surface area (Å²) >= 11 is 0. The van der Waals surface area contributed by atoms with Gasteiger partial charge in [0.25, 0.3) is 0 Å². The smallest absolute Gasteiger partial charge is 0.119 e. The summed E-state index contributed by atoms with van der Waals surface area (Å²) in [6.45, 7) is 2.84. The van der Waals surface area contributed by atoms with Crippen molar-refractivity contribution in [1.29, 1.82) is 0 Å². The highest BCUT2D eigenvalue weighted by molar-refractivity contribution is 8.93. The highest BCUT2D eigenvalue weighted by Crippen LogP contribution is 2.10. The fourth-order valence-corrected chi connectivity index (χ4v) is 0.929. The third-order valence-electron chi connectivity index (χ3n) is 1.41. The molecular weight excluding hydrogens is 235 g/mol. The van der Waals surface area contributed by atoms with E-state index in [2.05, 4.69) is 28.3 Å². The van der Waals surface area contributed by atoms with Crippen LogP contribution in [-0.4, -0.2) is 12.8 Å². The zero-order valence-electron chi connectivity index (χ0n) is 7.12. The highest BCUT2D eigenvalue weighted by atomic mass is 79.9. The van der Waals surface area contributed by atoms with Crippen LogP contribution in [0.4, 0.5) is 0 Å².